The highest BCUT2D eigenvalue weighted by Crippen LogP contribution is 1.99. The average Bonchev–Trinajstić information content (AvgIpc) is 2.04. The van der Waals surface area contributed by atoms with Crippen molar-refractivity contribution >= 4 is 5.91 Å². The lowest BCUT2D eigenvalue weighted by Crippen LogP contribution is -2.46. The van der Waals surface area contributed by atoms with Crippen LogP contribution in [0.4, 0.5) is 0 Å². The number of carbonyl (C=O) groups excluding carboxylic acids is 1. The minimum atomic E-state index is -1.06. The van der Waals surface area contributed by atoms with Crippen LogP contribution >= 0.6 is 0 Å². The summed E-state index contributed by atoms with van der Waals surface area (Å²) >= 11 is 0. The SMILES string of the molecule is CCC[C@H](N)C(O)C(=O)NCC. The molecule has 0 aliphatic heterocycles. The Morgan fingerprint density at radius 1 is 1.58 bits per heavy atom. The third kappa shape index (κ3) is 3.69. The summed E-state index contributed by atoms with van der Waals surface area (Å²) in [5.41, 5.74) is 5.55. The minimum absolute atomic E-state index is 0.376. The lowest BCUT2D eigenvalue weighted by molar-refractivity contribution is -0.130. The van der Waals surface area contributed by atoms with Crippen LogP contribution < -0.4 is 11.1 Å². The fraction of sp³-hybridized carbons (Fsp3) is 0.875. The van der Waals surface area contributed by atoms with E-state index in [1.165, 1.54) is 0 Å². The first kappa shape index (κ1) is 11.4. The third-order valence-corrected chi connectivity index (χ3v) is 1.65. The Morgan fingerprint density at radius 3 is 2.58 bits per heavy atom. The fourth-order valence-corrected chi connectivity index (χ4v) is 0.964. The summed E-state index contributed by atoms with van der Waals surface area (Å²) in [6.07, 6.45) is 0.473. The maximum Gasteiger partial charge on any atom is 0.250 e. The first-order valence-electron chi connectivity index (χ1n) is 4.34. The van der Waals surface area contributed by atoms with Crippen LogP contribution in [-0.2, 0) is 4.79 Å². The lowest BCUT2D eigenvalue weighted by atomic mass is 10.1. The molecule has 0 aliphatic carbocycles. The van der Waals surface area contributed by atoms with Crippen molar-refractivity contribution in [2.45, 2.75) is 38.8 Å². The van der Waals surface area contributed by atoms with Crippen molar-refractivity contribution in [1.82, 2.24) is 5.32 Å². The van der Waals surface area contributed by atoms with Gasteiger partial charge in [0.1, 0.15) is 6.10 Å². The number of aliphatic hydroxyl groups is 1. The van der Waals surface area contributed by atoms with Gasteiger partial charge in [0.2, 0.25) is 5.91 Å². The maximum atomic E-state index is 11.0. The first-order valence-corrected chi connectivity index (χ1v) is 4.34. The van der Waals surface area contributed by atoms with Gasteiger partial charge in [-0.25, -0.2) is 0 Å². The van der Waals surface area contributed by atoms with E-state index in [4.69, 9.17) is 5.73 Å². The average molecular weight is 174 g/mol. The van der Waals surface area contributed by atoms with Gasteiger partial charge in [0.15, 0.2) is 0 Å². The molecule has 1 amide bonds. The molecule has 0 spiro atoms. The molecule has 0 fully saturated rings. The molecule has 72 valence electrons. The van der Waals surface area contributed by atoms with Crippen LogP contribution in [0, 0.1) is 0 Å². The number of hydrogen-bond acceptors (Lipinski definition) is 3. The van der Waals surface area contributed by atoms with Crippen molar-refractivity contribution in [2.75, 3.05) is 6.54 Å². The second-order valence-corrected chi connectivity index (χ2v) is 2.79. The van der Waals surface area contributed by atoms with Crippen LogP contribution in [0.3, 0.4) is 0 Å². The predicted octanol–water partition coefficient (Wildman–Crippen LogP) is -0.389. The molecule has 0 aromatic heterocycles. The zero-order valence-electron chi connectivity index (χ0n) is 7.71. The summed E-state index contributed by atoms with van der Waals surface area (Å²) in [7, 11) is 0. The second-order valence-electron chi connectivity index (χ2n) is 2.79. The zero-order chi connectivity index (χ0) is 9.56. The van der Waals surface area contributed by atoms with Gasteiger partial charge in [-0.15, -0.1) is 0 Å². The molecular weight excluding hydrogens is 156 g/mol. The van der Waals surface area contributed by atoms with Crippen molar-refractivity contribution in [3.8, 4) is 0 Å². The normalized spacial score (nSPS) is 15.3. The molecule has 4 N–H and O–H groups in total. The van der Waals surface area contributed by atoms with Gasteiger partial charge in [0.05, 0.1) is 0 Å². The summed E-state index contributed by atoms with van der Waals surface area (Å²) in [4.78, 5) is 11.0. The highest BCUT2D eigenvalue weighted by Gasteiger charge is 2.20. The number of amides is 1. The second kappa shape index (κ2) is 5.97. The van der Waals surface area contributed by atoms with Gasteiger partial charge >= 0.3 is 0 Å². The summed E-state index contributed by atoms with van der Waals surface area (Å²) in [6, 6.07) is -0.443. The molecule has 0 bridgehead atoms. The Morgan fingerprint density at radius 2 is 2.17 bits per heavy atom. The van der Waals surface area contributed by atoms with Crippen LogP contribution in [0.1, 0.15) is 26.7 Å². The minimum Gasteiger partial charge on any atom is -0.382 e. The van der Waals surface area contributed by atoms with E-state index >= 15 is 0 Å². The summed E-state index contributed by atoms with van der Waals surface area (Å²) in [6.45, 7) is 4.29. The Labute approximate surface area is 73.1 Å². The number of rotatable bonds is 5. The van der Waals surface area contributed by atoms with Gasteiger partial charge in [-0.2, -0.15) is 0 Å². The van der Waals surface area contributed by atoms with Crippen LogP contribution in [0.25, 0.3) is 0 Å². The van der Waals surface area contributed by atoms with Crippen molar-refractivity contribution in [1.29, 1.82) is 0 Å². The van der Waals surface area contributed by atoms with Crippen LogP contribution in [-0.4, -0.2) is 29.7 Å². The third-order valence-electron chi connectivity index (χ3n) is 1.65. The molecule has 0 saturated carbocycles. The van der Waals surface area contributed by atoms with Crippen molar-refractivity contribution in [2.24, 2.45) is 5.73 Å². The van der Waals surface area contributed by atoms with Crippen LogP contribution in [0.5, 0.6) is 0 Å². The van der Waals surface area contributed by atoms with Crippen molar-refractivity contribution in [3.63, 3.8) is 0 Å². The fourth-order valence-electron chi connectivity index (χ4n) is 0.964. The molecule has 1 unspecified atom stereocenters. The number of hydrogen-bond donors (Lipinski definition) is 3. The molecule has 4 heteroatoms. The lowest BCUT2D eigenvalue weighted by Gasteiger charge is -2.16. The first-order chi connectivity index (χ1) is 5.63. The van der Waals surface area contributed by atoms with Gasteiger partial charge < -0.3 is 16.2 Å². The molecule has 4 nitrogen and oxygen atoms in total. The predicted molar refractivity (Wildman–Crippen MR) is 47.6 cm³/mol. The van der Waals surface area contributed by atoms with Gasteiger partial charge in [0.25, 0.3) is 0 Å². The van der Waals surface area contributed by atoms with E-state index in [9.17, 15) is 9.90 Å². The Balaban J connectivity index is 3.82. The number of nitrogens with one attached hydrogen (secondary N) is 1. The van der Waals surface area contributed by atoms with E-state index < -0.39 is 12.1 Å². The molecule has 0 heterocycles. The monoisotopic (exact) mass is 174 g/mol. The van der Waals surface area contributed by atoms with E-state index in [1.807, 2.05) is 6.92 Å². The molecule has 2 atom stereocenters. The number of carbonyl (C=O) groups is 1. The molecule has 0 rings (SSSR count). The van der Waals surface area contributed by atoms with Crippen molar-refractivity contribution < 1.29 is 9.90 Å². The van der Waals surface area contributed by atoms with E-state index in [0.717, 1.165) is 6.42 Å². The van der Waals surface area contributed by atoms with E-state index in [2.05, 4.69) is 5.32 Å². The largest absolute Gasteiger partial charge is 0.382 e. The van der Waals surface area contributed by atoms with Crippen LogP contribution in [0.15, 0.2) is 0 Å². The van der Waals surface area contributed by atoms with Gasteiger partial charge in [-0.3, -0.25) is 4.79 Å². The molecule has 0 aromatic carbocycles. The molecule has 0 aromatic rings. The molecule has 0 saturated heterocycles. The molecular formula is C8H18N2O2. The van der Waals surface area contributed by atoms with Crippen molar-refractivity contribution in [3.05, 3.63) is 0 Å². The quantitative estimate of drug-likeness (QED) is 0.531. The van der Waals surface area contributed by atoms with Crippen LogP contribution in [0.2, 0.25) is 0 Å². The maximum absolute atomic E-state index is 11.0. The number of aliphatic hydroxyl groups excluding tert-OH is 1. The molecule has 0 radical (unpaired) electrons. The van der Waals surface area contributed by atoms with Gasteiger partial charge in [-0.1, -0.05) is 13.3 Å². The molecule has 0 aliphatic rings. The van der Waals surface area contributed by atoms with Gasteiger partial charge in [-0.05, 0) is 13.3 Å². The Bertz CT molecular complexity index is 139. The summed E-state index contributed by atoms with van der Waals surface area (Å²) < 4.78 is 0. The van der Waals surface area contributed by atoms with Gasteiger partial charge in [0, 0.05) is 12.6 Å². The number of likely N-dealkylation sites (N-methyl/N-ethyl adjacent to an activating group) is 1. The summed E-state index contributed by atoms with van der Waals surface area (Å²) in [5.74, 6) is -0.376. The highest BCUT2D eigenvalue weighted by molar-refractivity contribution is 5.81. The Hall–Kier alpha value is -0.610. The Kier molecular flexibility index (Phi) is 5.66. The van der Waals surface area contributed by atoms with E-state index in [1.54, 1.807) is 6.92 Å². The zero-order valence-corrected chi connectivity index (χ0v) is 7.71. The smallest absolute Gasteiger partial charge is 0.250 e. The van der Waals surface area contributed by atoms with E-state index in [0.29, 0.717) is 13.0 Å². The van der Waals surface area contributed by atoms with E-state index in [-0.39, 0.29) is 5.91 Å². The number of nitrogens with two attached hydrogens (primary N) is 1. The highest BCUT2D eigenvalue weighted by atomic mass is 16.3. The summed E-state index contributed by atoms with van der Waals surface area (Å²) in [5, 5.41) is 11.8. The standard InChI is InChI=1S/C8H18N2O2/c1-3-5-6(9)7(11)8(12)10-4-2/h6-7,11H,3-5,9H2,1-2H3,(H,10,12)/t6-,7?/m0/s1. The molecule has 12 heavy (non-hydrogen) atoms. The topological polar surface area (TPSA) is 75.3 Å².